The second kappa shape index (κ2) is 10.2. The van der Waals surface area contributed by atoms with E-state index in [1.165, 1.54) is 5.56 Å². The molecule has 31 heavy (non-hydrogen) atoms. The summed E-state index contributed by atoms with van der Waals surface area (Å²) in [6, 6.07) is 11.3. The zero-order valence-corrected chi connectivity index (χ0v) is 20.4. The maximum absolute atomic E-state index is 12.3. The van der Waals surface area contributed by atoms with Crippen molar-refractivity contribution in [2.75, 3.05) is 13.2 Å². The van der Waals surface area contributed by atoms with Gasteiger partial charge in [0.1, 0.15) is 5.75 Å². The van der Waals surface area contributed by atoms with E-state index >= 15 is 0 Å². The summed E-state index contributed by atoms with van der Waals surface area (Å²) < 4.78 is 16.9. The third-order valence-corrected chi connectivity index (χ3v) is 5.59. The SMILES string of the molecule is CCOC(=O)COc1c(Br)cc(/C=C2\N=C(c3ccc(C(C)C)cc3)OC2=O)cc1Br. The largest absolute Gasteiger partial charge is 0.480 e. The van der Waals surface area contributed by atoms with Crippen LogP contribution in [0.1, 0.15) is 43.4 Å². The number of aliphatic imine (C=N–C) groups is 1. The highest BCUT2D eigenvalue weighted by Gasteiger charge is 2.24. The lowest BCUT2D eigenvalue weighted by atomic mass is 10.0. The molecule has 2 aromatic carbocycles. The van der Waals surface area contributed by atoms with Crippen LogP contribution in [0.25, 0.3) is 6.08 Å². The second-order valence-corrected chi connectivity index (χ2v) is 8.73. The predicted molar refractivity (Wildman–Crippen MR) is 125 cm³/mol. The number of nitrogens with zero attached hydrogens (tertiary/aromatic N) is 1. The van der Waals surface area contributed by atoms with Gasteiger partial charge >= 0.3 is 11.9 Å². The molecule has 0 fully saturated rings. The van der Waals surface area contributed by atoms with E-state index in [2.05, 4.69) is 50.7 Å². The van der Waals surface area contributed by atoms with E-state index in [9.17, 15) is 9.59 Å². The van der Waals surface area contributed by atoms with Crippen LogP contribution < -0.4 is 4.74 Å². The first-order valence-corrected chi connectivity index (χ1v) is 11.3. The van der Waals surface area contributed by atoms with Gasteiger partial charge in [-0.05, 0) is 86.2 Å². The fraction of sp³-hybridized carbons (Fsp3) is 0.261. The Morgan fingerprint density at radius 2 is 1.81 bits per heavy atom. The van der Waals surface area contributed by atoms with Crippen LogP contribution in [0.5, 0.6) is 5.75 Å². The molecule has 0 N–H and O–H groups in total. The highest BCUT2D eigenvalue weighted by atomic mass is 79.9. The minimum absolute atomic E-state index is 0.196. The molecule has 8 heteroatoms. The summed E-state index contributed by atoms with van der Waals surface area (Å²) in [4.78, 5) is 28.2. The van der Waals surface area contributed by atoms with Gasteiger partial charge < -0.3 is 14.2 Å². The van der Waals surface area contributed by atoms with Crippen molar-refractivity contribution in [3.8, 4) is 5.75 Å². The van der Waals surface area contributed by atoms with Crippen molar-refractivity contribution in [2.24, 2.45) is 4.99 Å². The number of ether oxygens (including phenoxy) is 3. The molecule has 0 atom stereocenters. The Balaban J connectivity index is 1.80. The Morgan fingerprint density at radius 1 is 1.16 bits per heavy atom. The summed E-state index contributed by atoms with van der Waals surface area (Å²) in [5.41, 5.74) is 2.84. The molecule has 6 nitrogen and oxygen atoms in total. The summed E-state index contributed by atoms with van der Waals surface area (Å²) >= 11 is 6.86. The molecular weight excluding hydrogens is 530 g/mol. The number of hydrogen-bond donors (Lipinski definition) is 0. The molecule has 2 aromatic rings. The quantitative estimate of drug-likeness (QED) is 0.330. The lowest BCUT2D eigenvalue weighted by Gasteiger charge is -2.10. The van der Waals surface area contributed by atoms with Gasteiger partial charge in [-0.15, -0.1) is 0 Å². The maximum atomic E-state index is 12.3. The van der Waals surface area contributed by atoms with Gasteiger partial charge in [0, 0.05) is 5.56 Å². The van der Waals surface area contributed by atoms with Crippen LogP contribution in [0.2, 0.25) is 0 Å². The van der Waals surface area contributed by atoms with Gasteiger partial charge in [-0.1, -0.05) is 26.0 Å². The van der Waals surface area contributed by atoms with Gasteiger partial charge in [0.15, 0.2) is 12.3 Å². The molecule has 0 aliphatic carbocycles. The Labute approximate surface area is 197 Å². The molecular formula is C23H21Br2NO5. The maximum Gasteiger partial charge on any atom is 0.363 e. The van der Waals surface area contributed by atoms with E-state index in [1.807, 2.05) is 24.3 Å². The average molecular weight is 551 g/mol. The number of cyclic esters (lactones) is 1. The van der Waals surface area contributed by atoms with Crippen molar-refractivity contribution in [2.45, 2.75) is 26.7 Å². The lowest BCUT2D eigenvalue weighted by molar-refractivity contribution is -0.145. The van der Waals surface area contributed by atoms with E-state index in [1.54, 1.807) is 25.1 Å². The first-order valence-electron chi connectivity index (χ1n) is 9.68. The predicted octanol–water partition coefficient (Wildman–Crippen LogP) is 5.62. The Kier molecular flexibility index (Phi) is 7.67. The topological polar surface area (TPSA) is 74.2 Å². The Hall–Kier alpha value is -2.45. The van der Waals surface area contributed by atoms with Gasteiger partial charge in [0.2, 0.25) is 5.90 Å². The van der Waals surface area contributed by atoms with Crippen LogP contribution in [-0.2, 0) is 19.1 Å². The first-order chi connectivity index (χ1) is 14.8. The van der Waals surface area contributed by atoms with Crippen LogP contribution in [-0.4, -0.2) is 31.1 Å². The highest BCUT2D eigenvalue weighted by molar-refractivity contribution is 9.11. The molecule has 0 radical (unpaired) electrons. The smallest absolute Gasteiger partial charge is 0.363 e. The molecule has 0 bridgehead atoms. The molecule has 0 aromatic heterocycles. The summed E-state index contributed by atoms with van der Waals surface area (Å²) in [5.74, 6) is 0.179. The number of halogens is 2. The zero-order valence-electron chi connectivity index (χ0n) is 17.3. The Morgan fingerprint density at radius 3 is 2.39 bits per heavy atom. The number of hydrogen-bond acceptors (Lipinski definition) is 6. The summed E-state index contributed by atoms with van der Waals surface area (Å²) in [7, 11) is 0. The standard InChI is InChI=1S/C23H21Br2NO5/c1-4-29-20(27)12-30-21-17(24)9-14(10-18(21)25)11-19-23(28)31-22(26-19)16-7-5-15(6-8-16)13(2)3/h5-11,13H,4,12H2,1-3H3/b19-11-. The molecule has 162 valence electrons. The third-order valence-electron chi connectivity index (χ3n) is 4.41. The van der Waals surface area contributed by atoms with Crippen LogP contribution >= 0.6 is 31.9 Å². The van der Waals surface area contributed by atoms with Gasteiger partial charge in [-0.3, -0.25) is 0 Å². The number of rotatable bonds is 7. The van der Waals surface area contributed by atoms with E-state index in [4.69, 9.17) is 14.2 Å². The second-order valence-electron chi connectivity index (χ2n) is 7.02. The van der Waals surface area contributed by atoms with Gasteiger partial charge in [-0.2, -0.15) is 0 Å². The van der Waals surface area contributed by atoms with Crippen molar-refractivity contribution in [1.29, 1.82) is 0 Å². The van der Waals surface area contributed by atoms with Crippen molar-refractivity contribution >= 4 is 55.8 Å². The third kappa shape index (κ3) is 5.83. The van der Waals surface area contributed by atoms with Crippen LogP contribution in [0, 0.1) is 0 Å². The summed E-state index contributed by atoms with van der Waals surface area (Å²) in [5, 5.41) is 0. The van der Waals surface area contributed by atoms with E-state index in [-0.39, 0.29) is 24.8 Å². The zero-order chi connectivity index (χ0) is 22.5. The number of esters is 2. The van der Waals surface area contributed by atoms with Crippen LogP contribution in [0.15, 0.2) is 56.0 Å². The summed E-state index contributed by atoms with van der Waals surface area (Å²) in [6.45, 7) is 6.05. The van der Waals surface area contributed by atoms with E-state index < -0.39 is 11.9 Å². The van der Waals surface area contributed by atoms with Crippen LogP contribution in [0.3, 0.4) is 0 Å². The highest BCUT2D eigenvalue weighted by Crippen LogP contribution is 2.36. The van der Waals surface area contributed by atoms with Crippen molar-refractivity contribution in [1.82, 2.24) is 0 Å². The van der Waals surface area contributed by atoms with E-state index in [0.717, 1.165) is 5.56 Å². The molecule has 0 amide bonds. The van der Waals surface area contributed by atoms with Gasteiger partial charge in [0.25, 0.3) is 0 Å². The molecule has 1 heterocycles. The molecule has 1 aliphatic heterocycles. The molecule has 0 unspecified atom stereocenters. The van der Waals surface area contributed by atoms with Crippen LogP contribution in [0.4, 0.5) is 0 Å². The van der Waals surface area contributed by atoms with E-state index in [0.29, 0.717) is 26.2 Å². The number of benzene rings is 2. The molecule has 0 spiro atoms. The average Bonchev–Trinajstić information content (AvgIpc) is 3.08. The van der Waals surface area contributed by atoms with Crippen molar-refractivity contribution < 1.29 is 23.8 Å². The van der Waals surface area contributed by atoms with Gasteiger partial charge in [-0.25, -0.2) is 14.6 Å². The molecule has 0 saturated carbocycles. The normalized spacial score (nSPS) is 14.6. The first kappa shape index (κ1) is 23.2. The summed E-state index contributed by atoms with van der Waals surface area (Å²) in [6.07, 6.45) is 1.63. The molecule has 0 saturated heterocycles. The van der Waals surface area contributed by atoms with Crippen molar-refractivity contribution in [3.63, 3.8) is 0 Å². The number of carbonyl (C=O) groups is 2. The molecule has 3 rings (SSSR count). The minimum atomic E-state index is -0.516. The minimum Gasteiger partial charge on any atom is -0.480 e. The van der Waals surface area contributed by atoms with Crippen molar-refractivity contribution in [3.05, 3.63) is 67.7 Å². The number of carbonyl (C=O) groups excluding carboxylic acids is 2. The molecule has 1 aliphatic rings. The lowest BCUT2D eigenvalue weighted by Crippen LogP contribution is -2.15. The Bertz CT molecular complexity index is 1040. The fourth-order valence-electron chi connectivity index (χ4n) is 2.84. The fourth-order valence-corrected chi connectivity index (χ4v) is 4.29. The van der Waals surface area contributed by atoms with Gasteiger partial charge in [0.05, 0.1) is 15.6 Å². The monoisotopic (exact) mass is 549 g/mol.